The molecule has 0 fully saturated rings. The van der Waals surface area contributed by atoms with Crippen molar-refractivity contribution in [2.75, 3.05) is 12.9 Å². The van der Waals surface area contributed by atoms with Crippen LogP contribution in [-0.2, 0) is 21.9 Å². The molecule has 0 saturated heterocycles. The van der Waals surface area contributed by atoms with Crippen LogP contribution < -0.4 is 10.1 Å². The molecule has 5 nitrogen and oxygen atoms in total. The molecular weight excluding hydrogens is 476 g/mol. The summed E-state index contributed by atoms with van der Waals surface area (Å²) in [5.74, 6) is 1.58. The van der Waals surface area contributed by atoms with Crippen LogP contribution in [0, 0.1) is 0 Å². The molecule has 0 bridgehead atoms. The van der Waals surface area contributed by atoms with E-state index in [1.807, 2.05) is 62.4 Å². The highest BCUT2D eigenvalue weighted by atomic mass is 79.9. The average Bonchev–Trinajstić information content (AvgIpc) is 2.78. The molecule has 2 aromatic rings. The summed E-state index contributed by atoms with van der Waals surface area (Å²) in [5, 5.41) is 2.99. The summed E-state index contributed by atoms with van der Waals surface area (Å²) in [6.45, 7) is 6.12. The van der Waals surface area contributed by atoms with Crippen LogP contribution in [0.5, 0.6) is 5.75 Å². The van der Waals surface area contributed by atoms with E-state index in [2.05, 4.69) is 21.2 Å². The van der Waals surface area contributed by atoms with Crippen LogP contribution in [0.1, 0.15) is 38.3 Å². The Hall–Kier alpha value is -1.99. The lowest BCUT2D eigenvalue weighted by Crippen LogP contribution is -2.50. The Balaban J connectivity index is 2.09. The lowest BCUT2D eigenvalue weighted by molar-refractivity contribution is -0.138. The Labute approximate surface area is 198 Å². The summed E-state index contributed by atoms with van der Waals surface area (Å²) in [6, 6.07) is 15.2. The van der Waals surface area contributed by atoms with E-state index < -0.39 is 6.04 Å². The SMILES string of the molecule is CC[C@@H](C)NC(=O)[C@@H](C)N(Cc1cccc(OC)c1)C(=O)CSCc1ccc(Br)cc1. The molecule has 2 amide bonds. The van der Waals surface area contributed by atoms with Crippen molar-refractivity contribution in [3.05, 3.63) is 64.1 Å². The Kier molecular flexibility index (Phi) is 10.4. The van der Waals surface area contributed by atoms with Gasteiger partial charge in [0.25, 0.3) is 0 Å². The fourth-order valence-corrected chi connectivity index (χ4v) is 4.07. The van der Waals surface area contributed by atoms with Crippen molar-refractivity contribution >= 4 is 39.5 Å². The number of thioether (sulfide) groups is 1. The maximum Gasteiger partial charge on any atom is 0.242 e. The molecule has 0 aromatic heterocycles. The zero-order valence-corrected chi connectivity index (χ0v) is 21.0. The number of rotatable bonds is 11. The zero-order valence-electron chi connectivity index (χ0n) is 18.6. The second-order valence-electron chi connectivity index (χ2n) is 7.49. The Bertz CT molecular complexity index is 860. The molecule has 2 atom stereocenters. The normalized spacial score (nSPS) is 12.7. The topological polar surface area (TPSA) is 58.6 Å². The summed E-state index contributed by atoms with van der Waals surface area (Å²) in [5.41, 5.74) is 2.08. The molecule has 1 N–H and O–H groups in total. The molecule has 0 spiro atoms. The molecule has 0 radical (unpaired) electrons. The largest absolute Gasteiger partial charge is 0.497 e. The number of hydrogen-bond donors (Lipinski definition) is 1. The van der Waals surface area contributed by atoms with E-state index in [0.717, 1.165) is 33.5 Å². The fourth-order valence-electron chi connectivity index (χ4n) is 2.94. The third kappa shape index (κ3) is 8.22. The van der Waals surface area contributed by atoms with Gasteiger partial charge in [-0.15, -0.1) is 11.8 Å². The minimum Gasteiger partial charge on any atom is -0.497 e. The minimum absolute atomic E-state index is 0.0586. The molecule has 168 valence electrons. The highest BCUT2D eigenvalue weighted by molar-refractivity contribution is 9.10. The standard InChI is InChI=1S/C24H31BrN2O3S/c1-5-17(2)26-24(29)18(3)27(14-20-7-6-8-22(13-20)30-4)23(28)16-31-15-19-9-11-21(25)12-10-19/h6-13,17-18H,5,14-16H2,1-4H3,(H,26,29)/t17-,18-/m1/s1. The van der Waals surface area contributed by atoms with Gasteiger partial charge >= 0.3 is 0 Å². The summed E-state index contributed by atoms with van der Waals surface area (Å²) in [4.78, 5) is 27.5. The van der Waals surface area contributed by atoms with Crippen LogP contribution in [0.15, 0.2) is 53.0 Å². The van der Waals surface area contributed by atoms with Crippen LogP contribution in [0.3, 0.4) is 0 Å². The first-order valence-electron chi connectivity index (χ1n) is 10.4. The number of amides is 2. The lowest BCUT2D eigenvalue weighted by atomic mass is 10.1. The number of benzene rings is 2. The monoisotopic (exact) mass is 506 g/mol. The van der Waals surface area contributed by atoms with Crippen LogP contribution in [0.2, 0.25) is 0 Å². The van der Waals surface area contributed by atoms with Gasteiger partial charge in [-0.25, -0.2) is 0 Å². The highest BCUT2D eigenvalue weighted by Gasteiger charge is 2.26. The first kappa shape index (κ1) is 25.3. The maximum atomic E-state index is 13.1. The van der Waals surface area contributed by atoms with E-state index in [1.54, 1.807) is 30.7 Å². The van der Waals surface area contributed by atoms with Gasteiger partial charge in [-0.1, -0.05) is 47.1 Å². The maximum absolute atomic E-state index is 13.1. The number of carbonyl (C=O) groups excluding carboxylic acids is 2. The molecule has 0 aliphatic rings. The van der Waals surface area contributed by atoms with Gasteiger partial charge in [0.15, 0.2) is 0 Å². The van der Waals surface area contributed by atoms with Gasteiger partial charge in [0.2, 0.25) is 11.8 Å². The molecule has 0 heterocycles. The molecule has 0 aliphatic heterocycles. The van der Waals surface area contributed by atoms with E-state index in [9.17, 15) is 9.59 Å². The molecule has 2 aromatic carbocycles. The van der Waals surface area contributed by atoms with Crippen LogP contribution >= 0.6 is 27.7 Å². The van der Waals surface area contributed by atoms with Crippen LogP contribution in [0.4, 0.5) is 0 Å². The van der Waals surface area contributed by atoms with Crippen molar-refractivity contribution in [3.63, 3.8) is 0 Å². The summed E-state index contributed by atoms with van der Waals surface area (Å²) >= 11 is 4.99. The lowest BCUT2D eigenvalue weighted by Gasteiger charge is -2.29. The van der Waals surface area contributed by atoms with Crippen molar-refractivity contribution < 1.29 is 14.3 Å². The molecule has 7 heteroatoms. The van der Waals surface area contributed by atoms with E-state index >= 15 is 0 Å². The van der Waals surface area contributed by atoms with Gasteiger partial charge in [0, 0.05) is 22.8 Å². The molecule has 2 rings (SSSR count). The molecule has 0 saturated carbocycles. The van der Waals surface area contributed by atoms with Crippen molar-refractivity contribution in [2.24, 2.45) is 0 Å². The fraction of sp³-hybridized carbons (Fsp3) is 0.417. The predicted molar refractivity (Wildman–Crippen MR) is 131 cm³/mol. The third-order valence-electron chi connectivity index (χ3n) is 5.06. The number of nitrogens with zero attached hydrogens (tertiary/aromatic N) is 1. The third-order valence-corrected chi connectivity index (χ3v) is 6.58. The van der Waals surface area contributed by atoms with Crippen molar-refractivity contribution in [2.45, 2.75) is 51.6 Å². The predicted octanol–water partition coefficient (Wildman–Crippen LogP) is 5.02. The first-order valence-corrected chi connectivity index (χ1v) is 12.3. The Morgan fingerprint density at radius 3 is 2.48 bits per heavy atom. The van der Waals surface area contributed by atoms with Crippen LogP contribution in [0.25, 0.3) is 0 Å². The second kappa shape index (κ2) is 12.8. The van der Waals surface area contributed by atoms with Gasteiger partial charge < -0.3 is 15.0 Å². The molecule has 0 unspecified atom stereocenters. The van der Waals surface area contributed by atoms with Gasteiger partial charge in [0.05, 0.1) is 12.9 Å². The molecule has 31 heavy (non-hydrogen) atoms. The first-order chi connectivity index (χ1) is 14.8. The number of nitrogens with one attached hydrogen (secondary N) is 1. The highest BCUT2D eigenvalue weighted by Crippen LogP contribution is 2.19. The number of hydrogen-bond acceptors (Lipinski definition) is 4. The van der Waals surface area contributed by atoms with E-state index in [4.69, 9.17) is 4.74 Å². The number of methoxy groups -OCH3 is 1. The van der Waals surface area contributed by atoms with E-state index in [1.165, 1.54) is 0 Å². The zero-order chi connectivity index (χ0) is 22.8. The smallest absolute Gasteiger partial charge is 0.242 e. The average molecular weight is 507 g/mol. The Morgan fingerprint density at radius 2 is 1.84 bits per heavy atom. The van der Waals surface area contributed by atoms with Gasteiger partial charge in [0.1, 0.15) is 11.8 Å². The van der Waals surface area contributed by atoms with Crippen molar-refractivity contribution in [1.29, 1.82) is 0 Å². The summed E-state index contributed by atoms with van der Waals surface area (Å²) in [7, 11) is 1.61. The van der Waals surface area contributed by atoms with Gasteiger partial charge in [-0.2, -0.15) is 0 Å². The molecular formula is C24H31BrN2O3S. The Morgan fingerprint density at radius 1 is 1.13 bits per heavy atom. The van der Waals surface area contributed by atoms with E-state index in [-0.39, 0.29) is 17.9 Å². The second-order valence-corrected chi connectivity index (χ2v) is 9.39. The molecule has 0 aliphatic carbocycles. The number of ether oxygens (including phenoxy) is 1. The van der Waals surface area contributed by atoms with Crippen LogP contribution in [-0.4, -0.2) is 41.7 Å². The minimum atomic E-state index is -0.569. The summed E-state index contributed by atoms with van der Waals surface area (Å²) in [6.07, 6.45) is 0.839. The van der Waals surface area contributed by atoms with E-state index in [0.29, 0.717) is 12.3 Å². The quantitative estimate of drug-likeness (QED) is 0.464. The van der Waals surface area contributed by atoms with Gasteiger partial charge in [-0.05, 0) is 55.7 Å². The number of halogens is 1. The van der Waals surface area contributed by atoms with Crippen molar-refractivity contribution in [3.8, 4) is 5.75 Å². The van der Waals surface area contributed by atoms with Crippen molar-refractivity contribution in [1.82, 2.24) is 10.2 Å². The number of carbonyl (C=O) groups is 2. The van der Waals surface area contributed by atoms with Gasteiger partial charge in [-0.3, -0.25) is 9.59 Å². The summed E-state index contributed by atoms with van der Waals surface area (Å²) < 4.78 is 6.33.